The van der Waals surface area contributed by atoms with Crippen LogP contribution in [0.3, 0.4) is 0 Å². The van der Waals surface area contributed by atoms with E-state index in [1.807, 2.05) is 7.05 Å². The van der Waals surface area contributed by atoms with Crippen LogP contribution in [-0.2, 0) is 0 Å². The molecule has 0 spiro atoms. The molecule has 3 atom stereocenters. The number of aliphatic hydroxyl groups is 1. The molecular weight excluding hydrogens is 224 g/mol. The van der Waals surface area contributed by atoms with Gasteiger partial charge in [-0.3, -0.25) is 0 Å². The van der Waals surface area contributed by atoms with Crippen molar-refractivity contribution in [3.05, 3.63) is 0 Å². The molecule has 0 radical (unpaired) electrons. The van der Waals surface area contributed by atoms with Gasteiger partial charge in [-0.05, 0) is 59.2 Å². The first-order valence-electron chi connectivity index (χ1n) is 7.52. The van der Waals surface area contributed by atoms with E-state index in [0.29, 0.717) is 0 Å². The van der Waals surface area contributed by atoms with E-state index < -0.39 is 0 Å². The molecule has 1 rings (SSSR count). The van der Waals surface area contributed by atoms with Gasteiger partial charge in [0, 0.05) is 11.6 Å². The first kappa shape index (κ1) is 15.9. The summed E-state index contributed by atoms with van der Waals surface area (Å²) < 4.78 is 0. The summed E-state index contributed by atoms with van der Waals surface area (Å²) in [4.78, 5) is 2.54. The van der Waals surface area contributed by atoms with Gasteiger partial charge in [-0.2, -0.15) is 0 Å². The van der Waals surface area contributed by atoms with Crippen LogP contribution in [0.25, 0.3) is 0 Å². The molecule has 0 bridgehead atoms. The topological polar surface area (TPSA) is 35.5 Å². The Morgan fingerprint density at radius 2 is 2.00 bits per heavy atom. The van der Waals surface area contributed by atoms with Gasteiger partial charge in [0.05, 0.1) is 6.61 Å². The van der Waals surface area contributed by atoms with Crippen LogP contribution < -0.4 is 5.32 Å². The molecule has 1 aliphatic carbocycles. The van der Waals surface area contributed by atoms with Crippen molar-refractivity contribution < 1.29 is 5.11 Å². The fraction of sp³-hybridized carbons (Fsp3) is 1.00. The molecule has 108 valence electrons. The van der Waals surface area contributed by atoms with E-state index in [1.54, 1.807) is 0 Å². The molecule has 0 aromatic heterocycles. The molecule has 0 amide bonds. The van der Waals surface area contributed by atoms with E-state index in [1.165, 1.54) is 25.7 Å². The lowest BCUT2D eigenvalue weighted by atomic mass is 9.85. The number of nitrogens with one attached hydrogen (secondary N) is 1. The Hall–Kier alpha value is -0.120. The first-order chi connectivity index (χ1) is 8.52. The minimum atomic E-state index is -0.112. The average Bonchev–Trinajstić information content (AvgIpc) is 2.39. The third-order valence-corrected chi connectivity index (χ3v) is 4.82. The predicted octanol–water partition coefficient (Wildman–Crippen LogP) is 2.25. The van der Waals surface area contributed by atoms with Crippen LogP contribution >= 0.6 is 0 Å². The molecule has 3 nitrogen and oxygen atoms in total. The van der Waals surface area contributed by atoms with Gasteiger partial charge < -0.3 is 15.3 Å². The number of likely N-dealkylation sites (N-methyl/N-ethyl adjacent to an activating group) is 1. The molecule has 1 fully saturated rings. The van der Waals surface area contributed by atoms with Gasteiger partial charge in [0.15, 0.2) is 0 Å². The van der Waals surface area contributed by atoms with Crippen molar-refractivity contribution >= 4 is 0 Å². The molecule has 1 aliphatic rings. The highest BCUT2D eigenvalue weighted by Gasteiger charge is 2.25. The van der Waals surface area contributed by atoms with E-state index in [-0.39, 0.29) is 12.1 Å². The van der Waals surface area contributed by atoms with Crippen molar-refractivity contribution in [2.45, 2.75) is 64.0 Å². The highest BCUT2D eigenvalue weighted by molar-refractivity contribution is 4.83. The quantitative estimate of drug-likeness (QED) is 0.733. The molecule has 0 aromatic rings. The maximum absolute atomic E-state index is 9.37. The predicted molar refractivity (Wildman–Crippen MR) is 77.8 cm³/mol. The maximum Gasteiger partial charge on any atom is 0.0610 e. The Morgan fingerprint density at radius 3 is 2.56 bits per heavy atom. The zero-order chi connectivity index (χ0) is 13.6. The zero-order valence-corrected chi connectivity index (χ0v) is 12.7. The van der Waals surface area contributed by atoms with Gasteiger partial charge in [-0.1, -0.05) is 19.8 Å². The van der Waals surface area contributed by atoms with Crippen LogP contribution in [0.15, 0.2) is 0 Å². The number of hydrogen-bond donors (Lipinski definition) is 2. The van der Waals surface area contributed by atoms with Gasteiger partial charge in [0.2, 0.25) is 0 Å². The van der Waals surface area contributed by atoms with Gasteiger partial charge in [0.1, 0.15) is 0 Å². The first-order valence-corrected chi connectivity index (χ1v) is 7.52. The normalized spacial score (nSPS) is 28.3. The molecule has 3 unspecified atom stereocenters. The molecule has 0 aromatic carbocycles. The summed E-state index contributed by atoms with van der Waals surface area (Å²) in [6.45, 7) is 5.85. The second kappa shape index (κ2) is 7.46. The van der Waals surface area contributed by atoms with Crippen molar-refractivity contribution in [1.82, 2.24) is 10.2 Å². The monoisotopic (exact) mass is 256 g/mol. The second-order valence-electron chi connectivity index (χ2n) is 6.38. The Balaban J connectivity index is 2.30. The lowest BCUT2D eigenvalue weighted by molar-refractivity contribution is 0.125. The molecule has 0 saturated heterocycles. The Morgan fingerprint density at radius 1 is 1.33 bits per heavy atom. The standard InChI is InChI=1S/C15H32N2O/c1-13-8-5-6-9-14(13)17(4)11-7-10-15(2,12-18)16-3/h13-14,16,18H,5-12H2,1-4H3. The summed E-state index contributed by atoms with van der Waals surface area (Å²) in [5.74, 6) is 0.845. The Labute approximate surface area is 113 Å². The average molecular weight is 256 g/mol. The van der Waals surface area contributed by atoms with Crippen molar-refractivity contribution in [2.75, 3.05) is 27.2 Å². The van der Waals surface area contributed by atoms with Crippen molar-refractivity contribution in [3.8, 4) is 0 Å². The highest BCUT2D eigenvalue weighted by Crippen LogP contribution is 2.27. The number of aliphatic hydroxyl groups excluding tert-OH is 1. The summed E-state index contributed by atoms with van der Waals surface area (Å²) in [6.07, 6.45) is 7.74. The van der Waals surface area contributed by atoms with Crippen LogP contribution in [0.5, 0.6) is 0 Å². The Kier molecular flexibility index (Phi) is 6.61. The van der Waals surface area contributed by atoms with Crippen molar-refractivity contribution in [3.63, 3.8) is 0 Å². The lowest BCUT2D eigenvalue weighted by Gasteiger charge is -2.37. The smallest absolute Gasteiger partial charge is 0.0610 e. The molecule has 1 saturated carbocycles. The van der Waals surface area contributed by atoms with Crippen LogP contribution in [0.4, 0.5) is 0 Å². The van der Waals surface area contributed by atoms with E-state index in [2.05, 4.69) is 31.1 Å². The van der Waals surface area contributed by atoms with Crippen LogP contribution in [0.2, 0.25) is 0 Å². The summed E-state index contributed by atoms with van der Waals surface area (Å²) in [5.41, 5.74) is -0.112. The third kappa shape index (κ3) is 4.52. The summed E-state index contributed by atoms with van der Waals surface area (Å²) in [7, 11) is 4.20. The molecule has 3 heteroatoms. The molecule has 0 heterocycles. The minimum absolute atomic E-state index is 0.112. The lowest BCUT2D eigenvalue weighted by Crippen LogP contribution is -2.44. The third-order valence-electron chi connectivity index (χ3n) is 4.82. The van der Waals surface area contributed by atoms with Crippen LogP contribution in [0.1, 0.15) is 52.4 Å². The summed E-state index contributed by atoms with van der Waals surface area (Å²) in [6, 6.07) is 0.772. The van der Waals surface area contributed by atoms with Crippen molar-refractivity contribution in [2.24, 2.45) is 5.92 Å². The summed E-state index contributed by atoms with van der Waals surface area (Å²) >= 11 is 0. The zero-order valence-electron chi connectivity index (χ0n) is 12.7. The SMILES string of the molecule is CNC(C)(CO)CCCN(C)C1CCCCC1C. The number of rotatable bonds is 7. The minimum Gasteiger partial charge on any atom is -0.394 e. The molecule has 0 aliphatic heterocycles. The van der Waals surface area contributed by atoms with Gasteiger partial charge in [-0.25, -0.2) is 0 Å². The second-order valence-corrected chi connectivity index (χ2v) is 6.38. The highest BCUT2D eigenvalue weighted by atomic mass is 16.3. The van der Waals surface area contributed by atoms with Gasteiger partial charge >= 0.3 is 0 Å². The van der Waals surface area contributed by atoms with Gasteiger partial charge in [0.25, 0.3) is 0 Å². The fourth-order valence-corrected chi connectivity index (χ4v) is 3.12. The van der Waals surface area contributed by atoms with Crippen LogP contribution in [0, 0.1) is 5.92 Å². The van der Waals surface area contributed by atoms with E-state index >= 15 is 0 Å². The Bertz CT molecular complexity index is 229. The van der Waals surface area contributed by atoms with E-state index in [9.17, 15) is 5.11 Å². The number of nitrogens with zero attached hydrogens (tertiary/aromatic N) is 1. The van der Waals surface area contributed by atoms with Gasteiger partial charge in [-0.15, -0.1) is 0 Å². The number of hydrogen-bond acceptors (Lipinski definition) is 3. The molecule has 18 heavy (non-hydrogen) atoms. The fourth-order valence-electron chi connectivity index (χ4n) is 3.12. The van der Waals surface area contributed by atoms with Crippen LogP contribution in [-0.4, -0.2) is 48.8 Å². The summed E-state index contributed by atoms with van der Waals surface area (Å²) in [5, 5.41) is 12.6. The van der Waals surface area contributed by atoms with E-state index in [0.717, 1.165) is 31.3 Å². The van der Waals surface area contributed by atoms with E-state index in [4.69, 9.17) is 0 Å². The maximum atomic E-state index is 9.37. The molecular formula is C15H32N2O. The largest absolute Gasteiger partial charge is 0.394 e. The van der Waals surface area contributed by atoms with Crippen molar-refractivity contribution in [1.29, 1.82) is 0 Å². The molecule has 2 N–H and O–H groups in total.